The van der Waals surface area contributed by atoms with Gasteiger partial charge in [-0.3, -0.25) is 37.3 Å². The lowest BCUT2D eigenvalue weighted by Crippen LogP contribution is -2.30. The van der Waals surface area contributed by atoms with Crippen LogP contribution in [0, 0.1) is 17.8 Å². The zero-order chi connectivity index (χ0) is 74.4. The van der Waals surface area contributed by atoms with Gasteiger partial charge >= 0.3 is 39.5 Å². The van der Waals surface area contributed by atoms with Crippen LogP contribution in [-0.4, -0.2) is 96.7 Å². The van der Waals surface area contributed by atoms with E-state index in [1.165, 1.54) is 231 Å². The van der Waals surface area contributed by atoms with Crippen molar-refractivity contribution in [3.63, 3.8) is 0 Å². The normalized spacial score (nSPS) is 14.2. The highest BCUT2D eigenvalue weighted by molar-refractivity contribution is 7.47. The molecule has 0 spiro atoms. The van der Waals surface area contributed by atoms with Crippen molar-refractivity contribution in [3.8, 4) is 0 Å². The number of aliphatic hydroxyl groups excluding tert-OH is 1. The summed E-state index contributed by atoms with van der Waals surface area (Å²) in [4.78, 5) is 73.0. The number of phosphoric ester groups is 2. The third-order valence-electron chi connectivity index (χ3n) is 19.5. The van der Waals surface area contributed by atoms with Crippen LogP contribution in [0.25, 0.3) is 0 Å². The molecule has 600 valence electrons. The number of rotatable bonds is 80. The molecule has 0 bridgehead atoms. The van der Waals surface area contributed by atoms with Crippen LogP contribution < -0.4 is 0 Å². The predicted molar refractivity (Wildman–Crippen MR) is 414 cm³/mol. The van der Waals surface area contributed by atoms with E-state index >= 15 is 0 Å². The summed E-state index contributed by atoms with van der Waals surface area (Å²) in [6.07, 6.45) is 61.2. The molecule has 0 aliphatic rings. The number of esters is 4. The van der Waals surface area contributed by atoms with Crippen molar-refractivity contribution in [2.75, 3.05) is 39.6 Å². The largest absolute Gasteiger partial charge is 0.472 e. The fourth-order valence-corrected chi connectivity index (χ4v) is 14.2. The number of carbonyl (C=O) groups is 4. The standard InChI is InChI=1S/C82H160O17P2/c1-8-10-11-12-13-14-15-16-17-18-19-20-21-22-23-28-31-37-42-51-58-65-81(86)98-77(69-92-79(84)63-56-49-41-36-30-27-25-24-26-29-34-39-46-53-60-73(3)4)71-96-100(88,89)94-67-76(83)68-95-101(90,91)97-72-78(70-93-80(85)64-57-50-45-44-48-55-62-75(7)9-2)99-82(87)66-59-52-43-38-33-32-35-40-47-54-61-74(5)6/h73-78,83H,8-72H2,1-7H3,(H,88,89)(H,90,91)/t75?,76-,77-,78-/m1/s1. The maximum absolute atomic E-state index is 13.1. The molecule has 6 atom stereocenters. The SMILES string of the molecule is CCCCCCCCCCCCCCCCCCCCCCCC(=O)O[C@H](COC(=O)CCCCCCCCCCCCCCCCC(C)C)COP(=O)(O)OC[C@@H](O)COP(=O)(O)OC[C@@H](COC(=O)CCCCCCCCC(C)CC)OC(=O)CCCCCCCCCCCCC(C)C. The Hall–Kier alpha value is -1.94. The van der Waals surface area contributed by atoms with Gasteiger partial charge in [-0.2, -0.15) is 0 Å². The van der Waals surface area contributed by atoms with Crippen molar-refractivity contribution < 1.29 is 80.2 Å². The molecule has 0 saturated heterocycles. The Balaban J connectivity index is 5.23. The van der Waals surface area contributed by atoms with Crippen molar-refractivity contribution in [3.05, 3.63) is 0 Å². The van der Waals surface area contributed by atoms with Crippen LogP contribution in [0.1, 0.15) is 427 Å². The fraction of sp³-hybridized carbons (Fsp3) is 0.951. The van der Waals surface area contributed by atoms with Gasteiger partial charge in [0.25, 0.3) is 0 Å². The molecule has 101 heavy (non-hydrogen) atoms. The first-order valence-corrected chi connectivity index (χ1v) is 45.4. The lowest BCUT2D eigenvalue weighted by atomic mass is 10.00. The molecule has 19 heteroatoms. The minimum absolute atomic E-state index is 0.105. The lowest BCUT2D eigenvalue weighted by Gasteiger charge is -2.21. The summed E-state index contributed by atoms with van der Waals surface area (Å²) in [5, 5.41) is 10.6. The van der Waals surface area contributed by atoms with E-state index in [0.717, 1.165) is 114 Å². The molecule has 0 aromatic rings. The molecule has 0 amide bonds. The predicted octanol–water partition coefficient (Wildman–Crippen LogP) is 24.5. The van der Waals surface area contributed by atoms with E-state index in [1.807, 2.05) is 0 Å². The molecule has 3 N–H and O–H groups in total. The topological polar surface area (TPSA) is 237 Å². The van der Waals surface area contributed by atoms with Crippen LogP contribution >= 0.6 is 15.6 Å². The molecule has 0 saturated carbocycles. The Morgan fingerprint density at radius 3 is 0.752 bits per heavy atom. The van der Waals surface area contributed by atoms with Gasteiger partial charge in [0.05, 0.1) is 26.4 Å². The monoisotopic (exact) mass is 1480 g/mol. The maximum Gasteiger partial charge on any atom is 0.472 e. The zero-order valence-corrected chi connectivity index (χ0v) is 68.2. The van der Waals surface area contributed by atoms with Gasteiger partial charge < -0.3 is 33.8 Å². The van der Waals surface area contributed by atoms with E-state index in [2.05, 4.69) is 48.5 Å². The molecule has 0 aromatic carbocycles. The number of hydrogen-bond acceptors (Lipinski definition) is 15. The highest BCUT2D eigenvalue weighted by atomic mass is 31.2. The summed E-state index contributed by atoms with van der Waals surface area (Å²) >= 11 is 0. The van der Waals surface area contributed by atoms with Crippen molar-refractivity contribution in [2.24, 2.45) is 17.8 Å². The summed E-state index contributed by atoms with van der Waals surface area (Å²) in [5.74, 6) is 0.170. The molecule has 0 heterocycles. The van der Waals surface area contributed by atoms with Crippen LogP contribution in [-0.2, 0) is 65.4 Å². The number of aliphatic hydroxyl groups is 1. The van der Waals surface area contributed by atoms with Gasteiger partial charge in [-0.25, -0.2) is 9.13 Å². The first-order chi connectivity index (χ1) is 48.8. The average Bonchev–Trinajstić information content (AvgIpc) is 0.920. The molecule has 0 fully saturated rings. The smallest absolute Gasteiger partial charge is 0.462 e. The van der Waals surface area contributed by atoms with Crippen molar-refractivity contribution in [1.82, 2.24) is 0 Å². The van der Waals surface area contributed by atoms with Gasteiger partial charge in [0, 0.05) is 25.7 Å². The Morgan fingerprint density at radius 1 is 0.287 bits per heavy atom. The van der Waals surface area contributed by atoms with Crippen LogP contribution in [0.2, 0.25) is 0 Å². The highest BCUT2D eigenvalue weighted by Crippen LogP contribution is 2.45. The molecular formula is C82H160O17P2. The Kier molecular flexibility index (Phi) is 70.9. The van der Waals surface area contributed by atoms with Crippen molar-refractivity contribution in [1.29, 1.82) is 0 Å². The Morgan fingerprint density at radius 2 is 0.505 bits per heavy atom. The second kappa shape index (κ2) is 72.3. The third-order valence-corrected chi connectivity index (χ3v) is 21.4. The molecule has 17 nitrogen and oxygen atoms in total. The van der Waals surface area contributed by atoms with Crippen LogP contribution in [0.5, 0.6) is 0 Å². The van der Waals surface area contributed by atoms with Crippen molar-refractivity contribution >= 4 is 39.5 Å². The zero-order valence-electron chi connectivity index (χ0n) is 66.4. The maximum atomic E-state index is 13.1. The highest BCUT2D eigenvalue weighted by Gasteiger charge is 2.30. The second-order valence-electron chi connectivity index (χ2n) is 30.7. The van der Waals surface area contributed by atoms with Gasteiger partial charge in [-0.05, 0) is 43.4 Å². The minimum Gasteiger partial charge on any atom is -0.462 e. The Bertz CT molecular complexity index is 1960. The van der Waals surface area contributed by atoms with Crippen LogP contribution in [0.15, 0.2) is 0 Å². The lowest BCUT2D eigenvalue weighted by molar-refractivity contribution is -0.161. The summed E-state index contributed by atoms with van der Waals surface area (Å²) in [6.45, 7) is 11.9. The number of carbonyl (C=O) groups excluding carboxylic acids is 4. The fourth-order valence-electron chi connectivity index (χ4n) is 12.6. The quantitative estimate of drug-likeness (QED) is 0.0222. The first kappa shape index (κ1) is 99.1. The van der Waals surface area contributed by atoms with Gasteiger partial charge in [0.2, 0.25) is 0 Å². The van der Waals surface area contributed by atoms with Gasteiger partial charge in [0.15, 0.2) is 12.2 Å². The van der Waals surface area contributed by atoms with Crippen molar-refractivity contribution in [2.45, 2.75) is 446 Å². The summed E-state index contributed by atoms with van der Waals surface area (Å²) in [6, 6.07) is 0. The number of unbranched alkanes of at least 4 members (excludes halogenated alkanes) is 47. The molecular weight excluding hydrogens is 1320 g/mol. The van der Waals surface area contributed by atoms with E-state index in [9.17, 15) is 43.2 Å². The summed E-state index contributed by atoms with van der Waals surface area (Å²) < 4.78 is 68.7. The summed E-state index contributed by atoms with van der Waals surface area (Å²) in [7, 11) is -9.92. The molecule has 0 aliphatic carbocycles. The van der Waals surface area contributed by atoms with E-state index in [0.29, 0.717) is 25.7 Å². The average molecular weight is 1480 g/mol. The third kappa shape index (κ3) is 74.7. The Labute approximate surface area is 619 Å². The van der Waals surface area contributed by atoms with Gasteiger partial charge in [-0.1, -0.05) is 376 Å². The van der Waals surface area contributed by atoms with Gasteiger partial charge in [0.1, 0.15) is 19.3 Å². The summed E-state index contributed by atoms with van der Waals surface area (Å²) in [5.41, 5.74) is 0. The number of phosphoric acid groups is 2. The number of hydrogen-bond donors (Lipinski definition) is 3. The second-order valence-corrected chi connectivity index (χ2v) is 33.6. The van der Waals surface area contributed by atoms with Crippen LogP contribution in [0.3, 0.4) is 0 Å². The first-order valence-electron chi connectivity index (χ1n) is 42.4. The molecule has 0 rings (SSSR count). The van der Waals surface area contributed by atoms with Crippen LogP contribution in [0.4, 0.5) is 0 Å². The minimum atomic E-state index is -4.96. The molecule has 0 aliphatic heterocycles. The van der Waals surface area contributed by atoms with E-state index in [-0.39, 0.29) is 25.7 Å². The number of ether oxygens (including phenoxy) is 4. The molecule has 0 radical (unpaired) electrons. The molecule has 3 unspecified atom stereocenters. The van der Waals surface area contributed by atoms with E-state index < -0.39 is 97.5 Å². The molecule has 0 aromatic heterocycles. The van der Waals surface area contributed by atoms with E-state index in [4.69, 9.17) is 37.0 Å². The van der Waals surface area contributed by atoms with Gasteiger partial charge in [-0.15, -0.1) is 0 Å². The van der Waals surface area contributed by atoms with E-state index in [1.54, 1.807) is 0 Å².